The predicted molar refractivity (Wildman–Crippen MR) is 95.9 cm³/mol. The van der Waals surface area contributed by atoms with Crippen LogP contribution in [-0.2, 0) is 0 Å². The highest BCUT2D eigenvalue weighted by Crippen LogP contribution is 2.31. The van der Waals surface area contributed by atoms with E-state index in [4.69, 9.17) is 11.5 Å². The summed E-state index contributed by atoms with van der Waals surface area (Å²) in [6.45, 7) is 1.18. The molecule has 0 radical (unpaired) electrons. The van der Waals surface area contributed by atoms with E-state index in [1.807, 2.05) is 4.90 Å². The molecule has 1 saturated heterocycles. The molecule has 24 heavy (non-hydrogen) atoms. The number of nitrogens with zero attached hydrogens (tertiary/aromatic N) is 1. The van der Waals surface area contributed by atoms with E-state index >= 15 is 0 Å². The zero-order chi connectivity index (χ0) is 17.1. The number of hydrogen-bond acceptors (Lipinski definition) is 4. The molecule has 1 aliphatic heterocycles. The number of amides is 1. The Balaban J connectivity index is 1.82. The van der Waals surface area contributed by atoms with Crippen molar-refractivity contribution in [3.05, 3.63) is 17.7 Å². The van der Waals surface area contributed by atoms with Crippen LogP contribution < -0.4 is 21.7 Å². The molecule has 5 nitrogen and oxygen atoms in total. The third-order valence-corrected chi connectivity index (χ3v) is 5.15. The van der Waals surface area contributed by atoms with Gasteiger partial charge in [0, 0.05) is 19.1 Å². The number of carbonyl (C=O) groups excluding carboxylic acids is 1. The van der Waals surface area contributed by atoms with Crippen molar-refractivity contribution in [2.24, 2.45) is 0 Å². The standard InChI is InChI=1S/C18H27FN4O/c19-12-6-8-23(9-7-12)17-11-16(21)15(20)10-14(17)18(24)22-13-4-2-1-3-5-13/h10-13H,1-9,20-21H2,(H,22,24). The maximum Gasteiger partial charge on any atom is 0.253 e. The second-order valence-corrected chi connectivity index (χ2v) is 6.97. The third kappa shape index (κ3) is 3.74. The van der Waals surface area contributed by atoms with Crippen molar-refractivity contribution in [1.29, 1.82) is 0 Å². The number of rotatable bonds is 3. The lowest BCUT2D eigenvalue weighted by Crippen LogP contribution is -2.39. The van der Waals surface area contributed by atoms with Gasteiger partial charge in [0.25, 0.3) is 5.91 Å². The Hall–Kier alpha value is -1.98. The summed E-state index contributed by atoms with van der Waals surface area (Å²) in [6.07, 6.45) is 5.81. The summed E-state index contributed by atoms with van der Waals surface area (Å²) in [5, 5.41) is 3.13. The molecule has 3 rings (SSSR count). The molecule has 1 aromatic rings. The molecule has 0 spiro atoms. The maximum absolute atomic E-state index is 13.4. The quantitative estimate of drug-likeness (QED) is 0.742. The molecular weight excluding hydrogens is 307 g/mol. The van der Waals surface area contributed by atoms with E-state index in [1.165, 1.54) is 6.42 Å². The Bertz CT molecular complexity index is 593. The zero-order valence-corrected chi connectivity index (χ0v) is 14.1. The van der Waals surface area contributed by atoms with Crippen LogP contribution in [0.25, 0.3) is 0 Å². The Kier molecular flexibility index (Phi) is 5.11. The third-order valence-electron chi connectivity index (χ3n) is 5.15. The van der Waals surface area contributed by atoms with E-state index in [9.17, 15) is 9.18 Å². The van der Waals surface area contributed by atoms with Crippen molar-refractivity contribution >= 4 is 23.0 Å². The molecule has 6 heteroatoms. The second-order valence-electron chi connectivity index (χ2n) is 6.97. The highest BCUT2D eigenvalue weighted by Gasteiger charge is 2.25. The molecule has 0 unspecified atom stereocenters. The molecule has 1 aliphatic carbocycles. The van der Waals surface area contributed by atoms with E-state index < -0.39 is 6.17 Å². The van der Waals surface area contributed by atoms with Gasteiger partial charge in [0.1, 0.15) is 6.17 Å². The number of nitrogens with two attached hydrogens (primary N) is 2. The van der Waals surface area contributed by atoms with Gasteiger partial charge in [-0.05, 0) is 37.8 Å². The summed E-state index contributed by atoms with van der Waals surface area (Å²) in [5.74, 6) is -0.106. The first-order valence-electron chi connectivity index (χ1n) is 8.93. The number of piperidine rings is 1. The normalized spacial score (nSPS) is 20.1. The zero-order valence-electron chi connectivity index (χ0n) is 14.1. The Labute approximate surface area is 142 Å². The van der Waals surface area contributed by atoms with Crippen LogP contribution in [0.15, 0.2) is 12.1 Å². The molecule has 0 bridgehead atoms. The van der Waals surface area contributed by atoms with E-state index in [0.29, 0.717) is 42.9 Å². The van der Waals surface area contributed by atoms with Gasteiger partial charge in [-0.3, -0.25) is 4.79 Å². The summed E-state index contributed by atoms with van der Waals surface area (Å²) >= 11 is 0. The first-order valence-corrected chi connectivity index (χ1v) is 8.93. The van der Waals surface area contributed by atoms with Crippen molar-refractivity contribution in [1.82, 2.24) is 5.32 Å². The van der Waals surface area contributed by atoms with Crippen molar-refractivity contribution in [2.75, 3.05) is 29.5 Å². The van der Waals surface area contributed by atoms with Gasteiger partial charge >= 0.3 is 0 Å². The fourth-order valence-corrected chi connectivity index (χ4v) is 3.66. The molecule has 1 aromatic carbocycles. The molecule has 1 amide bonds. The second kappa shape index (κ2) is 7.28. The minimum Gasteiger partial charge on any atom is -0.397 e. The Morgan fingerprint density at radius 1 is 1.04 bits per heavy atom. The summed E-state index contributed by atoms with van der Waals surface area (Å²) in [7, 11) is 0. The minimum atomic E-state index is -0.758. The number of benzene rings is 1. The van der Waals surface area contributed by atoms with Gasteiger partial charge in [-0.15, -0.1) is 0 Å². The average molecular weight is 334 g/mol. The largest absolute Gasteiger partial charge is 0.397 e. The van der Waals surface area contributed by atoms with E-state index in [1.54, 1.807) is 12.1 Å². The van der Waals surface area contributed by atoms with E-state index in [0.717, 1.165) is 31.4 Å². The predicted octanol–water partition coefficient (Wildman–Crippen LogP) is 2.85. The van der Waals surface area contributed by atoms with Gasteiger partial charge in [0.15, 0.2) is 0 Å². The Morgan fingerprint density at radius 3 is 2.33 bits per heavy atom. The number of nitrogen functional groups attached to an aromatic ring is 2. The average Bonchev–Trinajstić information content (AvgIpc) is 2.58. The molecule has 2 fully saturated rings. The molecule has 5 N–H and O–H groups in total. The summed E-state index contributed by atoms with van der Waals surface area (Å²) in [6, 6.07) is 3.64. The van der Waals surface area contributed by atoms with Gasteiger partial charge in [0.05, 0.1) is 22.6 Å². The van der Waals surface area contributed by atoms with Crippen LogP contribution in [0.5, 0.6) is 0 Å². The lowest BCUT2D eigenvalue weighted by Gasteiger charge is -2.32. The molecule has 2 aliphatic rings. The monoisotopic (exact) mass is 334 g/mol. The number of nitrogens with one attached hydrogen (secondary N) is 1. The number of anilines is 3. The van der Waals surface area contributed by atoms with Crippen LogP contribution >= 0.6 is 0 Å². The van der Waals surface area contributed by atoms with Gasteiger partial charge in [-0.2, -0.15) is 0 Å². The molecule has 132 valence electrons. The van der Waals surface area contributed by atoms with Crippen molar-refractivity contribution in [3.8, 4) is 0 Å². The first kappa shape index (κ1) is 16.9. The fraction of sp³-hybridized carbons (Fsp3) is 0.611. The van der Waals surface area contributed by atoms with Gasteiger partial charge in [-0.1, -0.05) is 19.3 Å². The van der Waals surface area contributed by atoms with Crippen molar-refractivity contribution in [3.63, 3.8) is 0 Å². The number of alkyl halides is 1. The topological polar surface area (TPSA) is 84.4 Å². The van der Waals surface area contributed by atoms with E-state index in [2.05, 4.69) is 5.32 Å². The number of hydrogen-bond donors (Lipinski definition) is 3. The van der Waals surface area contributed by atoms with Crippen LogP contribution in [0.2, 0.25) is 0 Å². The molecule has 1 saturated carbocycles. The molecular formula is C18H27FN4O. The highest BCUT2D eigenvalue weighted by molar-refractivity contribution is 6.02. The smallest absolute Gasteiger partial charge is 0.253 e. The van der Waals surface area contributed by atoms with Crippen LogP contribution in [0.1, 0.15) is 55.3 Å². The molecule has 0 aromatic heterocycles. The van der Waals surface area contributed by atoms with Crippen LogP contribution in [0.3, 0.4) is 0 Å². The van der Waals surface area contributed by atoms with E-state index in [-0.39, 0.29) is 11.9 Å². The van der Waals surface area contributed by atoms with Gasteiger partial charge in [-0.25, -0.2) is 4.39 Å². The SMILES string of the molecule is Nc1cc(C(=O)NC2CCCCC2)c(N2CCC(F)CC2)cc1N. The first-order chi connectivity index (χ1) is 11.5. The molecule has 1 heterocycles. The van der Waals surface area contributed by atoms with Gasteiger partial charge < -0.3 is 21.7 Å². The van der Waals surface area contributed by atoms with Crippen LogP contribution in [0.4, 0.5) is 21.5 Å². The van der Waals surface area contributed by atoms with Gasteiger partial charge in [0.2, 0.25) is 0 Å². The molecule has 0 atom stereocenters. The van der Waals surface area contributed by atoms with Crippen molar-refractivity contribution in [2.45, 2.75) is 57.2 Å². The van der Waals surface area contributed by atoms with Crippen LogP contribution in [0, 0.1) is 0 Å². The minimum absolute atomic E-state index is 0.106. The lowest BCUT2D eigenvalue weighted by atomic mass is 9.95. The summed E-state index contributed by atoms with van der Waals surface area (Å²) in [4.78, 5) is 14.8. The number of carbonyl (C=O) groups is 1. The lowest BCUT2D eigenvalue weighted by molar-refractivity contribution is 0.0928. The van der Waals surface area contributed by atoms with Crippen molar-refractivity contribution < 1.29 is 9.18 Å². The fourth-order valence-electron chi connectivity index (χ4n) is 3.66. The highest BCUT2D eigenvalue weighted by atomic mass is 19.1. The van der Waals surface area contributed by atoms with Crippen LogP contribution in [-0.4, -0.2) is 31.2 Å². The summed E-state index contributed by atoms with van der Waals surface area (Å²) < 4.78 is 13.4. The number of halogens is 1. The Morgan fingerprint density at radius 2 is 1.67 bits per heavy atom. The maximum atomic E-state index is 13.4. The summed E-state index contributed by atoms with van der Waals surface area (Å²) in [5.41, 5.74) is 14.1.